The van der Waals surface area contributed by atoms with Crippen LogP contribution in [-0.2, 0) is 0 Å². The van der Waals surface area contributed by atoms with Crippen LogP contribution >= 0.6 is 15.9 Å². The minimum absolute atomic E-state index is 0.198. The molecule has 112 valence electrons. The van der Waals surface area contributed by atoms with Crippen LogP contribution in [0.3, 0.4) is 0 Å². The molecular weight excluding hydrogens is 330 g/mol. The largest absolute Gasteiger partial charge is 0.491 e. The van der Waals surface area contributed by atoms with Gasteiger partial charge >= 0.3 is 0 Å². The van der Waals surface area contributed by atoms with Gasteiger partial charge in [0.15, 0.2) is 0 Å². The maximum atomic E-state index is 5.84. The van der Waals surface area contributed by atoms with Crippen molar-refractivity contribution in [2.24, 2.45) is 0 Å². The molecule has 0 radical (unpaired) electrons. The molecule has 1 heterocycles. The van der Waals surface area contributed by atoms with Crippen molar-refractivity contribution < 1.29 is 4.74 Å². The Balaban J connectivity index is 2.20. The lowest BCUT2D eigenvalue weighted by atomic mass is 10.2. The summed E-state index contributed by atoms with van der Waals surface area (Å²) < 4.78 is 6.69. The first-order valence-electron chi connectivity index (χ1n) is 6.95. The molecule has 2 aromatic rings. The summed E-state index contributed by atoms with van der Waals surface area (Å²) in [4.78, 5) is 4.32. The lowest BCUT2D eigenvalue weighted by molar-refractivity contribution is 0.217. The number of anilines is 3. The Labute approximate surface area is 133 Å². The zero-order chi connectivity index (χ0) is 15.4. The number of hydrogen-bond donors (Lipinski definition) is 2. The van der Waals surface area contributed by atoms with Crippen molar-refractivity contribution >= 4 is 33.1 Å². The molecular formula is C16H20BrN3O. The third-order valence-corrected chi connectivity index (χ3v) is 4.28. The van der Waals surface area contributed by atoms with Gasteiger partial charge in [-0.3, -0.25) is 0 Å². The second-order valence-corrected chi connectivity index (χ2v) is 5.78. The fraction of sp³-hybridized carbons (Fsp3) is 0.312. The molecule has 1 aromatic heterocycles. The molecule has 2 rings (SSSR count). The van der Waals surface area contributed by atoms with Crippen molar-refractivity contribution in [1.29, 1.82) is 0 Å². The average molecular weight is 350 g/mol. The van der Waals surface area contributed by atoms with Crippen LogP contribution in [0, 0.1) is 6.92 Å². The number of halogens is 1. The summed E-state index contributed by atoms with van der Waals surface area (Å²) in [7, 11) is 0. The van der Waals surface area contributed by atoms with Crippen LogP contribution in [0.1, 0.15) is 25.8 Å². The molecule has 0 saturated carbocycles. The molecule has 0 saturated heterocycles. The van der Waals surface area contributed by atoms with E-state index in [9.17, 15) is 0 Å². The first-order valence-corrected chi connectivity index (χ1v) is 7.75. The van der Waals surface area contributed by atoms with Gasteiger partial charge in [0.25, 0.3) is 0 Å². The minimum Gasteiger partial charge on any atom is -0.491 e. The van der Waals surface area contributed by atoms with Gasteiger partial charge in [0.2, 0.25) is 0 Å². The Morgan fingerprint density at radius 1 is 1.43 bits per heavy atom. The Hall–Kier alpha value is -1.75. The van der Waals surface area contributed by atoms with Crippen LogP contribution in [0.25, 0.3) is 0 Å². The molecule has 3 N–H and O–H groups in total. The lowest BCUT2D eigenvalue weighted by Crippen LogP contribution is -2.09. The minimum atomic E-state index is 0.198. The number of nitrogens with one attached hydrogen (secondary N) is 1. The number of pyridine rings is 1. The SMILES string of the molecule is CCC(C)Oc1cccc(Nc2ncc(N)c(C)c2Br)c1. The van der Waals surface area contributed by atoms with Gasteiger partial charge in [-0.2, -0.15) is 0 Å². The van der Waals surface area contributed by atoms with E-state index in [4.69, 9.17) is 10.5 Å². The summed E-state index contributed by atoms with van der Waals surface area (Å²) in [5.74, 6) is 1.58. The number of nitrogens with zero attached hydrogens (tertiary/aromatic N) is 1. The zero-order valence-corrected chi connectivity index (χ0v) is 14.1. The van der Waals surface area contributed by atoms with E-state index >= 15 is 0 Å². The molecule has 0 fully saturated rings. The molecule has 1 atom stereocenters. The highest BCUT2D eigenvalue weighted by atomic mass is 79.9. The van der Waals surface area contributed by atoms with Crippen LogP contribution in [-0.4, -0.2) is 11.1 Å². The molecule has 0 amide bonds. The molecule has 1 unspecified atom stereocenters. The van der Waals surface area contributed by atoms with E-state index in [0.717, 1.165) is 33.7 Å². The van der Waals surface area contributed by atoms with Crippen molar-refractivity contribution in [3.8, 4) is 5.75 Å². The molecule has 1 aromatic carbocycles. The molecule has 0 aliphatic heterocycles. The summed E-state index contributed by atoms with van der Waals surface area (Å²) >= 11 is 3.52. The summed E-state index contributed by atoms with van der Waals surface area (Å²) in [6.07, 6.45) is 2.83. The van der Waals surface area contributed by atoms with Gasteiger partial charge in [-0.25, -0.2) is 4.98 Å². The van der Waals surface area contributed by atoms with Gasteiger partial charge in [0.1, 0.15) is 11.6 Å². The van der Waals surface area contributed by atoms with Crippen molar-refractivity contribution in [3.63, 3.8) is 0 Å². The first-order chi connectivity index (χ1) is 10.0. The monoisotopic (exact) mass is 349 g/mol. The highest BCUT2D eigenvalue weighted by Crippen LogP contribution is 2.30. The van der Waals surface area contributed by atoms with Crippen LogP contribution in [0.5, 0.6) is 5.75 Å². The van der Waals surface area contributed by atoms with E-state index in [-0.39, 0.29) is 6.10 Å². The summed E-state index contributed by atoms with van der Waals surface area (Å²) in [5.41, 5.74) is 8.40. The van der Waals surface area contributed by atoms with E-state index in [2.05, 4.69) is 40.1 Å². The van der Waals surface area contributed by atoms with Crippen LogP contribution in [0.2, 0.25) is 0 Å². The van der Waals surface area contributed by atoms with E-state index in [1.807, 2.05) is 31.2 Å². The normalized spacial score (nSPS) is 12.0. The molecule has 0 aliphatic rings. The number of rotatable bonds is 5. The lowest BCUT2D eigenvalue weighted by Gasteiger charge is -2.15. The average Bonchev–Trinajstić information content (AvgIpc) is 2.48. The van der Waals surface area contributed by atoms with Crippen LogP contribution in [0.4, 0.5) is 17.2 Å². The molecule has 0 spiro atoms. The number of nitrogen functional groups attached to an aromatic ring is 1. The van der Waals surface area contributed by atoms with E-state index < -0.39 is 0 Å². The Bertz CT molecular complexity index is 631. The number of nitrogens with two attached hydrogens (primary N) is 1. The maximum Gasteiger partial charge on any atom is 0.145 e. The van der Waals surface area contributed by atoms with Crippen molar-refractivity contribution in [3.05, 3.63) is 40.5 Å². The molecule has 0 aliphatic carbocycles. The quantitative estimate of drug-likeness (QED) is 0.824. The van der Waals surface area contributed by atoms with Crippen molar-refractivity contribution in [1.82, 2.24) is 4.98 Å². The molecule has 4 nitrogen and oxygen atoms in total. The van der Waals surface area contributed by atoms with Gasteiger partial charge in [-0.05, 0) is 53.9 Å². The number of ether oxygens (including phenoxy) is 1. The second-order valence-electron chi connectivity index (χ2n) is 4.99. The number of benzene rings is 1. The van der Waals surface area contributed by atoms with E-state index in [0.29, 0.717) is 5.69 Å². The van der Waals surface area contributed by atoms with Crippen LogP contribution in [0.15, 0.2) is 34.9 Å². The van der Waals surface area contributed by atoms with Crippen LogP contribution < -0.4 is 15.8 Å². The number of aromatic nitrogens is 1. The van der Waals surface area contributed by atoms with Gasteiger partial charge in [0.05, 0.1) is 22.5 Å². The van der Waals surface area contributed by atoms with Gasteiger partial charge in [0, 0.05) is 11.8 Å². The van der Waals surface area contributed by atoms with Crippen molar-refractivity contribution in [2.45, 2.75) is 33.3 Å². The Morgan fingerprint density at radius 2 is 2.19 bits per heavy atom. The standard InChI is InChI=1S/C16H20BrN3O/c1-4-10(2)21-13-7-5-6-12(8-13)20-16-15(17)11(3)14(18)9-19-16/h5-10H,4,18H2,1-3H3,(H,19,20). The fourth-order valence-corrected chi connectivity index (χ4v) is 2.21. The van der Waals surface area contributed by atoms with E-state index in [1.165, 1.54) is 0 Å². The molecule has 21 heavy (non-hydrogen) atoms. The zero-order valence-electron chi connectivity index (χ0n) is 12.5. The first kappa shape index (κ1) is 15.6. The summed E-state index contributed by atoms with van der Waals surface area (Å²) in [6.45, 7) is 6.11. The third-order valence-electron chi connectivity index (χ3n) is 3.31. The fourth-order valence-electron chi connectivity index (χ4n) is 1.78. The van der Waals surface area contributed by atoms with Gasteiger partial charge in [-0.15, -0.1) is 0 Å². The molecule has 5 heteroatoms. The third kappa shape index (κ3) is 3.88. The predicted molar refractivity (Wildman–Crippen MR) is 91.2 cm³/mol. The number of hydrogen-bond acceptors (Lipinski definition) is 4. The van der Waals surface area contributed by atoms with Gasteiger partial charge < -0.3 is 15.8 Å². The van der Waals surface area contributed by atoms with Crippen molar-refractivity contribution in [2.75, 3.05) is 11.1 Å². The second kappa shape index (κ2) is 6.80. The summed E-state index contributed by atoms with van der Waals surface area (Å²) in [6, 6.07) is 7.85. The topological polar surface area (TPSA) is 60.2 Å². The Kier molecular flexibility index (Phi) is 5.07. The molecule has 0 bridgehead atoms. The smallest absolute Gasteiger partial charge is 0.145 e. The highest BCUT2D eigenvalue weighted by molar-refractivity contribution is 9.10. The predicted octanol–water partition coefficient (Wildman–Crippen LogP) is 4.66. The highest BCUT2D eigenvalue weighted by Gasteiger charge is 2.08. The van der Waals surface area contributed by atoms with E-state index in [1.54, 1.807) is 6.20 Å². The maximum absolute atomic E-state index is 5.84. The Morgan fingerprint density at radius 3 is 2.90 bits per heavy atom. The summed E-state index contributed by atoms with van der Waals surface area (Å²) in [5, 5.41) is 3.28. The van der Waals surface area contributed by atoms with Gasteiger partial charge in [-0.1, -0.05) is 13.0 Å².